The minimum absolute atomic E-state index is 0.00447. The van der Waals surface area contributed by atoms with Crippen LogP contribution in [-0.2, 0) is 0 Å². The number of nitrogens with one attached hydrogen (secondary N) is 3. The van der Waals surface area contributed by atoms with Crippen molar-refractivity contribution in [1.29, 1.82) is 5.41 Å². The van der Waals surface area contributed by atoms with Gasteiger partial charge in [-0.1, -0.05) is 12.1 Å². The van der Waals surface area contributed by atoms with E-state index in [-0.39, 0.29) is 29.9 Å². The van der Waals surface area contributed by atoms with Crippen molar-refractivity contribution >= 4 is 28.1 Å². The third kappa shape index (κ3) is 4.85. The molecule has 0 spiro atoms. The van der Waals surface area contributed by atoms with Crippen molar-refractivity contribution in [2.24, 2.45) is 0 Å². The summed E-state index contributed by atoms with van der Waals surface area (Å²) in [6.45, 7) is 5.70. The van der Waals surface area contributed by atoms with Gasteiger partial charge in [0.1, 0.15) is 27.9 Å². The van der Waals surface area contributed by atoms with E-state index in [1.165, 1.54) is 5.56 Å². The molecular weight excluding hydrogens is 388 g/mol. The quantitative estimate of drug-likeness (QED) is 0.292. The standard InChI is InChI=1S/C21H24N4O3S/c1-12-5-4-6-17(14(12)3)28-16-9-7-15(8-10-16)24-21-18(20(27)25-29-21)19(22)23-13(2)11-26/h4-10,13,24,26H,11H2,1-3H3,(H2,22,23)(H,25,27). The van der Waals surface area contributed by atoms with E-state index in [0.29, 0.717) is 10.8 Å². The van der Waals surface area contributed by atoms with E-state index in [1.54, 1.807) is 6.92 Å². The van der Waals surface area contributed by atoms with Gasteiger partial charge in [-0.2, -0.15) is 4.37 Å². The van der Waals surface area contributed by atoms with E-state index in [0.717, 1.165) is 28.5 Å². The van der Waals surface area contributed by atoms with Crippen LogP contribution in [0.3, 0.4) is 0 Å². The average Bonchev–Trinajstić information content (AvgIpc) is 3.07. The van der Waals surface area contributed by atoms with Crippen LogP contribution in [0.4, 0.5) is 10.7 Å². The maximum Gasteiger partial charge on any atom is 0.236 e. The third-order valence-corrected chi connectivity index (χ3v) is 5.24. The van der Waals surface area contributed by atoms with Crippen molar-refractivity contribution < 1.29 is 14.9 Å². The van der Waals surface area contributed by atoms with Crippen molar-refractivity contribution in [3.05, 3.63) is 59.2 Å². The van der Waals surface area contributed by atoms with E-state index in [4.69, 9.17) is 15.3 Å². The van der Waals surface area contributed by atoms with E-state index in [2.05, 4.69) is 15.0 Å². The zero-order valence-corrected chi connectivity index (χ0v) is 17.3. The molecule has 0 bridgehead atoms. The highest BCUT2D eigenvalue weighted by molar-refractivity contribution is 7.11. The Balaban J connectivity index is 1.74. The maximum atomic E-state index is 10.0. The number of nitrogens with zero attached hydrogens (tertiary/aromatic N) is 1. The zero-order valence-electron chi connectivity index (χ0n) is 16.5. The number of amidine groups is 1. The molecule has 1 unspecified atom stereocenters. The largest absolute Gasteiger partial charge is 0.492 e. The van der Waals surface area contributed by atoms with E-state index in [9.17, 15) is 5.11 Å². The molecule has 8 heteroatoms. The second-order valence-electron chi connectivity index (χ2n) is 6.76. The summed E-state index contributed by atoms with van der Waals surface area (Å²) in [5.41, 5.74) is 3.31. The van der Waals surface area contributed by atoms with Crippen molar-refractivity contribution in [2.75, 3.05) is 11.9 Å². The van der Waals surface area contributed by atoms with E-state index < -0.39 is 0 Å². The Bertz CT molecular complexity index is 1000. The summed E-state index contributed by atoms with van der Waals surface area (Å²) in [6.07, 6.45) is 0. The number of aromatic hydroxyl groups is 1. The molecule has 2 aromatic carbocycles. The van der Waals surface area contributed by atoms with E-state index in [1.807, 2.05) is 56.3 Å². The number of ether oxygens (including phenoxy) is 1. The Morgan fingerprint density at radius 3 is 2.62 bits per heavy atom. The lowest BCUT2D eigenvalue weighted by atomic mass is 10.1. The fourth-order valence-corrected chi connectivity index (χ4v) is 3.37. The second-order valence-corrected chi connectivity index (χ2v) is 7.54. The van der Waals surface area contributed by atoms with Gasteiger partial charge in [-0.05, 0) is 73.8 Å². The predicted molar refractivity (Wildman–Crippen MR) is 116 cm³/mol. The van der Waals surface area contributed by atoms with Crippen molar-refractivity contribution in [1.82, 2.24) is 9.69 Å². The summed E-state index contributed by atoms with van der Waals surface area (Å²) in [5.74, 6) is 1.30. The van der Waals surface area contributed by atoms with Crippen molar-refractivity contribution in [2.45, 2.75) is 26.8 Å². The number of aromatic nitrogens is 1. The van der Waals surface area contributed by atoms with Gasteiger partial charge in [0.05, 0.1) is 6.61 Å². The molecule has 0 radical (unpaired) electrons. The summed E-state index contributed by atoms with van der Waals surface area (Å²) in [5, 5.41) is 33.9. The van der Waals surface area contributed by atoms with Gasteiger partial charge in [0.2, 0.25) is 5.88 Å². The number of aliphatic hydroxyl groups is 1. The molecule has 1 heterocycles. The lowest BCUT2D eigenvalue weighted by Gasteiger charge is -2.14. The first-order valence-corrected chi connectivity index (χ1v) is 9.92. The summed E-state index contributed by atoms with van der Waals surface area (Å²) in [4.78, 5) is 0. The van der Waals surface area contributed by atoms with Gasteiger partial charge in [0.25, 0.3) is 0 Å². The maximum absolute atomic E-state index is 10.0. The summed E-state index contributed by atoms with van der Waals surface area (Å²) < 4.78 is 9.90. The lowest BCUT2D eigenvalue weighted by molar-refractivity contribution is 0.264. The van der Waals surface area contributed by atoms with Gasteiger partial charge in [-0.3, -0.25) is 5.41 Å². The molecule has 0 saturated heterocycles. The van der Waals surface area contributed by atoms with Crippen LogP contribution in [0.5, 0.6) is 17.4 Å². The molecule has 0 saturated carbocycles. The van der Waals surface area contributed by atoms with E-state index >= 15 is 0 Å². The molecule has 7 nitrogen and oxygen atoms in total. The summed E-state index contributed by atoms with van der Waals surface area (Å²) >= 11 is 1.06. The smallest absolute Gasteiger partial charge is 0.236 e. The third-order valence-electron chi connectivity index (χ3n) is 4.48. The highest BCUT2D eigenvalue weighted by atomic mass is 32.1. The molecule has 152 valence electrons. The van der Waals surface area contributed by atoms with Gasteiger partial charge < -0.3 is 25.6 Å². The van der Waals surface area contributed by atoms with Crippen LogP contribution in [0.25, 0.3) is 0 Å². The minimum atomic E-state index is -0.309. The molecule has 3 aromatic rings. The normalized spacial score (nSPS) is 11.7. The molecule has 0 fully saturated rings. The second kappa shape index (κ2) is 8.93. The van der Waals surface area contributed by atoms with Crippen molar-refractivity contribution in [3.8, 4) is 17.4 Å². The van der Waals surface area contributed by atoms with Gasteiger partial charge in [0, 0.05) is 11.7 Å². The number of aliphatic hydroxyl groups excluding tert-OH is 1. The van der Waals surface area contributed by atoms with Crippen LogP contribution in [0.2, 0.25) is 0 Å². The lowest BCUT2D eigenvalue weighted by Crippen LogP contribution is -2.35. The Labute approximate surface area is 173 Å². The molecule has 3 rings (SSSR count). The van der Waals surface area contributed by atoms with Crippen LogP contribution in [0.1, 0.15) is 23.6 Å². The first kappa shape index (κ1) is 20.6. The van der Waals surface area contributed by atoms with Gasteiger partial charge in [-0.15, -0.1) is 0 Å². The Hall–Kier alpha value is -3.10. The summed E-state index contributed by atoms with van der Waals surface area (Å²) in [7, 11) is 0. The number of rotatable bonds is 7. The molecule has 1 atom stereocenters. The SMILES string of the molecule is Cc1cccc(Oc2ccc(Nc3snc(O)c3C(=N)NC(C)CO)cc2)c1C. The number of hydrogen-bond acceptors (Lipinski definition) is 7. The molecule has 0 aliphatic rings. The molecule has 0 aliphatic carbocycles. The van der Waals surface area contributed by atoms with Crippen LogP contribution in [0, 0.1) is 19.3 Å². The van der Waals surface area contributed by atoms with Crippen LogP contribution >= 0.6 is 11.5 Å². The molecule has 0 aliphatic heterocycles. The van der Waals surface area contributed by atoms with Crippen LogP contribution in [0.15, 0.2) is 42.5 Å². The fourth-order valence-electron chi connectivity index (χ4n) is 2.66. The molecule has 29 heavy (non-hydrogen) atoms. The highest BCUT2D eigenvalue weighted by Crippen LogP contribution is 2.33. The Kier molecular flexibility index (Phi) is 6.36. The van der Waals surface area contributed by atoms with Gasteiger partial charge in [0.15, 0.2) is 0 Å². The summed E-state index contributed by atoms with van der Waals surface area (Å²) in [6, 6.07) is 13.0. The highest BCUT2D eigenvalue weighted by Gasteiger charge is 2.19. The average molecular weight is 413 g/mol. The number of anilines is 2. The fraction of sp³-hybridized carbons (Fsp3) is 0.238. The van der Waals surface area contributed by atoms with Crippen LogP contribution in [-0.4, -0.2) is 33.1 Å². The Morgan fingerprint density at radius 1 is 1.21 bits per heavy atom. The Morgan fingerprint density at radius 2 is 1.93 bits per heavy atom. The topological polar surface area (TPSA) is 110 Å². The number of benzene rings is 2. The van der Waals surface area contributed by atoms with Gasteiger partial charge >= 0.3 is 0 Å². The van der Waals surface area contributed by atoms with Crippen molar-refractivity contribution in [3.63, 3.8) is 0 Å². The predicted octanol–water partition coefficient (Wildman–Crippen LogP) is 4.30. The first-order valence-electron chi connectivity index (χ1n) is 9.15. The number of aryl methyl sites for hydroxylation is 1. The minimum Gasteiger partial charge on any atom is -0.492 e. The number of hydrogen-bond donors (Lipinski definition) is 5. The molecule has 5 N–H and O–H groups in total. The molecular formula is C21H24N4O3S. The molecule has 1 aromatic heterocycles. The van der Waals surface area contributed by atoms with Crippen LogP contribution < -0.4 is 15.4 Å². The first-order chi connectivity index (χ1) is 13.9. The zero-order chi connectivity index (χ0) is 21.0. The molecule has 0 amide bonds. The monoisotopic (exact) mass is 412 g/mol. The van der Waals surface area contributed by atoms with Gasteiger partial charge in [-0.25, -0.2) is 0 Å².